The van der Waals surface area contributed by atoms with Gasteiger partial charge < -0.3 is 4.90 Å². The molecule has 1 aromatic carbocycles. The molecule has 0 radical (unpaired) electrons. The van der Waals surface area contributed by atoms with Crippen LogP contribution in [0.5, 0.6) is 0 Å². The molecule has 1 aliphatic heterocycles. The number of hydrogen-bond donors (Lipinski definition) is 0. The Labute approximate surface area is 163 Å². The molecule has 0 aromatic heterocycles. The van der Waals surface area contributed by atoms with Gasteiger partial charge in [0.05, 0.1) is 0 Å². The quantitative estimate of drug-likeness (QED) is 0.747. The van der Waals surface area contributed by atoms with E-state index in [0.717, 1.165) is 12.0 Å². The first-order valence-corrected chi connectivity index (χ1v) is 11.6. The zero-order valence-corrected chi connectivity index (χ0v) is 16.7. The van der Waals surface area contributed by atoms with Gasteiger partial charge in [-0.15, -0.1) is 0 Å². The third kappa shape index (κ3) is 5.91. The molecule has 5 nitrogen and oxygen atoms in total. The van der Waals surface area contributed by atoms with Crippen LogP contribution in [0.4, 0.5) is 0 Å². The summed E-state index contributed by atoms with van der Waals surface area (Å²) in [6, 6.07) is 9.40. The van der Waals surface area contributed by atoms with Crippen molar-refractivity contribution in [2.75, 3.05) is 26.2 Å². The van der Waals surface area contributed by atoms with Crippen LogP contribution in [0.15, 0.2) is 35.7 Å². The van der Waals surface area contributed by atoms with Crippen LogP contribution in [-0.4, -0.2) is 49.7 Å². The first-order valence-electron chi connectivity index (χ1n) is 10.1. The Hall–Kier alpha value is -1.66. The molecule has 0 unspecified atom stereocenters. The monoisotopic (exact) mass is 390 g/mol. The third-order valence-corrected chi connectivity index (χ3v) is 7.24. The average Bonchev–Trinajstić information content (AvgIpc) is 2.72. The fraction of sp³-hybridized carbons (Fsp3) is 0.571. The first kappa shape index (κ1) is 20.1. The highest BCUT2D eigenvalue weighted by atomic mass is 32.2. The van der Waals surface area contributed by atoms with Crippen LogP contribution >= 0.6 is 0 Å². The van der Waals surface area contributed by atoms with E-state index in [1.54, 1.807) is 6.08 Å². The fourth-order valence-corrected chi connectivity index (χ4v) is 5.14. The van der Waals surface area contributed by atoms with Gasteiger partial charge in [0.25, 0.3) is 0 Å². The number of benzene rings is 1. The lowest BCUT2D eigenvalue weighted by atomic mass is 9.86. The molecule has 148 valence electrons. The summed E-state index contributed by atoms with van der Waals surface area (Å²) in [6.45, 7) is 1.72. The summed E-state index contributed by atoms with van der Waals surface area (Å²) in [5.74, 6) is 0.880. The van der Waals surface area contributed by atoms with Gasteiger partial charge in [0.2, 0.25) is 15.9 Å². The van der Waals surface area contributed by atoms with Crippen molar-refractivity contribution in [3.63, 3.8) is 0 Å². The second kappa shape index (κ2) is 9.51. The normalized spacial score (nSPS) is 20.2. The van der Waals surface area contributed by atoms with Gasteiger partial charge in [0.1, 0.15) is 0 Å². The van der Waals surface area contributed by atoms with Crippen LogP contribution in [0, 0.1) is 5.92 Å². The topological polar surface area (TPSA) is 57.7 Å². The van der Waals surface area contributed by atoms with Crippen molar-refractivity contribution >= 4 is 22.0 Å². The van der Waals surface area contributed by atoms with E-state index in [9.17, 15) is 13.2 Å². The average molecular weight is 391 g/mol. The Morgan fingerprint density at radius 3 is 2.33 bits per heavy atom. The number of carbonyl (C=O) groups excluding carboxylic acids is 1. The molecular weight excluding hydrogens is 360 g/mol. The SMILES string of the molecule is O=C(CCC1CCCCC1)N1CCN(S(=O)(=O)/C=C/c2ccccc2)CC1. The zero-order chi connectivity index (χ0) is 19.1. The fourth-order valence-electron chi connectivity index (χ4n) is 3.97. The lowest BCUT2D eigenvalue weighted by Crippen LogP contribution is -2.50. The summed E-state index contributed by atoms with van der Waals surface area (Å²) in [5, 5.41) is 1.27. The zero-order valence-electron chi connectivity index (χ0n) is 15.9. The van der Waals surface area contributed by atoms with E-state index in [0.29, 0.717) is 38.5 Å². The minimum Gasteiger partial charge on any atom is -0.340 e. The molecule has 1 aliphatic carbocycles. The molecule has 2 aliphatic rings. The molecule has 0 N–H and O–H groups in total. The number of sulfonamides is 1. The Morgan fingerprint density at radius 1 is 1.00 bits per heavy atom. The number of nitrogens with zero attached hydrogens (tertiary/aromatic N) is 2. The van der Waals surface area contributed by atoms with Crippen LogP contribution in [0.1, 0.15) is 50.5 Å². The predicted molar refractivity (Wildman–Crippen MR) is 108 cm³/mol. The van der Waals surface area contributed by atoms with Gasteiger partial charge in [-0.05, 0) is 24.0 Å². The Bertz CT molecular complexity index is 732. The largest absolute Gasteiger partial charge is 0.340 e. The van der Waals surface area contributed by atoms with E-state index >= 15 is 0 Å². The molecule has 1 amide bonds. The van der Waals surface area contributed by atoms with E-state index in [1.807, 2.05) is 35.2 Å². The van der Waals surface area contributed by atoms with Crippen molar-refractivity contribution in [2.24, 2.45) is 5.92 Å². The van der Waals surface area contributed by atoms with Crippen molar-refractivity contribution in [1.82, 2.24) is 9.21 Å². The van der Waals surface area contributed by atoms with Crippen molar-refractivity contribution in [3.8, 4) is 0 Å². The van der Waals surface area contributed by atoms with Crippen molar-refractivity contribution in [1.29, 1.82) is 0 Å². The Balaban J connectivity index is 1.46. The second-order valence-corrected chi connectivity index (χ2v) is 9.40. The summed E-state index contributed by atoms with van der Waals surface area (Å²) in [5.41, 5.74) is 0.859. The summed E-state index contributed by atoms with van der Waals surface area (Å²) >= 11 is 0. The highest BCUT2D eigenvalue weighted by Crippen LogP contribution is 2.27. The van der Waals surface area contributed by atoms with Crippen molar-refractivity contribution < 1.29 is 13.2 Å². The van der Waals surface area contributed by atoms with E-state index in [4.69, 9.17) is 0 Å². The van der Waals surface area contributed by atoms with Gasteiger partial charge in [-0.2, -0.15) is 4.31 Å². The van der Waals surface area contributed by atoms with E-state index < -0.39 is 10.0 Å². The Morgan fingerprint density at radius 2 is 1.67 bits per heavy atom. The standard InChI is InChI=1S/C21H30N2O3S/c24-21(12-11-19-7-3-1-4-8-19)22-14-16-23(17-15-22)27(25,26)18-13-20-9-5-2-6-10-20/h2,5-6,9-10,13,18-19H,1,3-4,7-8,11-12,14-17H2/b18-13+. The van der Waals surface area contributed by atoms with Gasteiger partial charge in [0.15, 0.2) is 0 Å². The molecule has 0 bridgehead atoms. The van der Waals surface area contributed by atoms with E-state index in [-0.39, 0.29) is 5.91 Å². The number of carbonyl (C=O) groups is 1. The molecule has 1 saturated carbocycles. The van der Waals surface area contributed by atoms with Gasteiger partial charge >= 0.3 is 0 Å². The summed E-state index contributed by atoms with van der Waals surface area (Å²) in [4.78, 5) is 14.3. The summed E-state index contributed by atoms with van der Waals surface area (Å²) in [7, 11) is -3.45. The van der Waals surface area contributed by atoms with Crippen molar-refractivity contribution in [3.05, 3.63) is 41.3 Å². The maximum Gasteiger partial charge on any atom is 0.236 e. The molecule has 0 spiro atoms. The second-order valence-electron chi connectivity index (χ2n) is 7.58. The number of amides is 1. The van der Waals surface area contributed by atoms with Crippen LogP contribution in [0.2, 0.25) is 0 Å². The third-order valence-electron chi connectivity index (χ3n) is 5.67. The van der Waals surface area contributed by atoms with Gasteiger partial charge in [0, 0.05) is 38.0 Å². The predicted octanol–water partition coefficient (Wildman–Crippen LogP) is 3.49. The van der Waals surface area contributed by atoms with Crippen molar-refractivity contribution in [2.45, 2.75) is 44.9 Å². The van der Waals surface area contributed by atoms with Crippen LogP contribution in [0.25, 0.3) is 6.08 Å². The van der Waals surface area contributed by atoms with E-state index in [1.165, 1.54) is 41.8 Å². The molecular formula is C21H30N2O3S. The van der Waals surface area contributed by atoms with Crippen LogP contribution in [-0.2, 0) is 14.8 Å². The molecule has 0 atom stereocenters. The highest BCUT2D eigenvalue weighted by Gasteiger charge is 2.27. The maximum atomic E-state index is 12.5. The smallest absolute Gasteiger partial charge is 0.236 e. The summed E-state index contributed by atoms with van der Waals surface area (Å²) < 4.78 is 26.5. The van der Waals surface area contributed by atoms with E-state index in [2.05, 4.69) is 0 Å². The lowest BCUT2D eigenvalue weighted by Gasteiger charge is -2.33. The number of hydrogen-bond acceptors (Lipinski definition) is 3. The van der Waals surface area contributed by atoms with Gasteiger partial charge in [-0.1, -0.05) is 62.4 Å². The molecule has 1 heterocycles. The Kier molecular flexibility index (Phi) is 7.07. The molecule has 1 aromatic rings. The number of rotatable bonds is 6. The molecule has 3 rings (SSSR count). The first-order chi connectivity index (χ1) is 13.0. The van der Waals surface area contributed by atoms with Gasteiger partial charge in [-0.3, -0.25) is 4.79 Å². The molecule has 2 fully saturated rings. The summed E-state index contributed by atoms with van der Waals surface area (Å²) in [6.07, 6.45) is 9.65. The minimum atomic E-state index is -3.45. The lowest BCUT2D eigenvalue weighted by molar-refractivity contribution is -0.132. The molecule has 6 heteroatoms. The highest BCUT2D eigenvalue weighted by molar-refractivity contribution is 7.92. The number of piperazine rings is 1. The minimum absolute atomic E-state index is 0.178. The molecule has 1 saturated heterocycles. The van der Waals surface area contributed by atoms with Crippen LogP contribution in [0.3, 0.4) is 0 Å². The molecule has 27 heavy (non-hydrogen) atoms. The maximum absolute atomic E-state index is 12.5. The van der Waals surface area contributed by atoms with Crippen LogP contribution < -0.4 is 0 Å². The van der Waals surface area contributed by atoms with Gasteiger partial charge in [-0.25, -0.2) is 8.42 Å².